The summed E-state index contributed by atoms with van der Waals surface area (Å²) in [5.74, 6) is -1.30. The van der Waals surface area contributed by atoms with Crippen LogP contribution < -0.4 is 5.32 Å². The lowest BCUT2D eigenvalue weighted by atomic mass is 10.1. The molecule has 2 aromatic rings. The molecule has 7 nitrogen and oxygen atoms in total. The van der Waals surface area contributed by atoms with Gasteiger partial charge < -0.3 is 10.4 Å². The Labute approximate surface area is 154 Å². The van der Waals surface area contributed by atoms with E-state index in [2.05, 4.69) is 5.32 Å². The number of allylic oxidation sites excluding steroid dienone is 1. The van der Waals surface area contributed by atoms with Gasteiger partial charge >= 0.3 is 5.97 Å². The highest BCUT2D eigenvalue weighted by Crippen LogP contribution is 2.40. The zero-order chi connectivity index (χ0) is 19.4. The van der Waals surface area contributed by atoms with Crippen LogP contribution in [-0.2, 0) is 4.79 Å². The Balaban J connectivity index is 2.38. The van der Waals surface area contributed by atoms with Crippen molar-refractivity contribution in [3.8, 4) is 10.4 Å². The summed E-state index contributed by atoms with van der Waals surface area (Å²) >= 11 is 1.22. The first-order chi connectivity index (χ1) is 12.2. The van der Waals surface area contributed by atoms with Crippen LogP contribution in [0.3, 0.4) is 0 Å². The van der Waals surface area contributed by atoms with Crippen molar-refractivity contribution < 1.29 is 19.6 Å². The third kappa shape index (κ3) is 4.15. The van der Waals surface area contributed by atoms with Crippen molar-refractivity contribution in [1.29, 1.82) is 0 Å². The van der Waals surface area contributed by atoms with Gasteiger partial charge in [0.25, 0.3) is 5.69 Å². The van der Waals surface area contributed by atoms with Crippen LogP contribution >= 0.6 is 11.3 Å². The minimum absolute atomic E-state index is 0.0325. The average Bonchev–Trinajstić information content (AvgIpc) is 2.91. The highest BCUT2D eigenvalue weighted by Gasteiger charge is 2.21. The molecule has 0 aliphatic rings. The largest absolute Gasteiger partial charge is 0.478 e. The van der Waals surface area contributed by atoms with Gasteiger partial charge in [0, 0.05) is 29.1 Å². The number of benzene rings is 1. The fraction of sp³-hybridized carbons (Fsp3) is 0.222. The molecule has 136 valence electrons. The summed E-state index contributed by atoms with van der Waals surface area (Å²) in [6, 6.07) is 5.93. The SMILES string of the molecule is Cc1c(-c2ccc([N+](=O)[O-])cc2)sc(N/C=C/C(=O)C(C)C)c1C(=O)O. The maximum atomic E-state index is 11.6. The molecule has 1 aromatic heterocycles. The van der Waals surface area contributed by atoms with Gasteiger partial charge in [-0.15, -0.1) is 11.3 Å². The molecule has 0 radical (unpaired) electrons. The lowest BCUT2D eigenvalue weighted by Gasteiger charge is -2.01. The minimum Gasteiger partial charge on any atom is -0.478 e. The number of aromatic carboxylic acids is 1. The molecule has 0 aliphatic heterocycles. The third-order valence-corrected chi connectivity index (χ3v) is 5.00. The van der Waals surface area contributed by atoms with E-state index in [0.717, 1.165) is 0 Å². The molecule has 0 atom stereocenters. The van der Waals surface area contributed by atoms with Crippen LogP contribution in [-0.4, -0.2) is 21.8 Å². The normalized spacial score (nSPS) is 11.1. The van der Waals surface area contributed by atoms with Crippen molar-refractivity contribution >= 4 is 33.8 Å². The Kier molecular flexibility index (Phi) is 5.89. The van der Waals surface area contributed by atoms with Crippen LogP contribution in [0.25, 0.3) is 10.4 Å². The number of hydrogen-bond donors (Lipinski definition) is 2. The smallest absolute Gasteiger partial charge is 0.339 e. The van der Waals surface area contributed by atoms with Gasteiger partial charge in [-0.2, -0.15) is 0 Å². The molecule has 2 N–H and O–H groups in total. The molecular weight excluding hydrogens is 356 g/mol. The predicted octanol–water partition coefficient (Wildman–Crippen LogP) is 4.48. The molecule has 1 aromatic carbocycles. The molecule has 0 amide bonds. The Morgan fingerprint density at radius 2 is 1.88 bits per heavy atom. The van der Waals surface area contributed by atoms with E-state index in [9.17, 15) is 24.8 Å². The van der Waals surface area contributed by atoms with Crippen molar-refractivity contribution in [1.82, 2.24) is 0 Å². The molecule has 0 bridgehead atoms. The maximum Gasteiger partial charge on any atom is 0.339 e. The molecule has 0 spiro atoms. The first-order valence-corrected chi connectivity index (χ1v) is 8.62. The first kappa shape index (κ1) is 19.3. The average molecular weight is 374 g/mol. The number of ketones is 1. The number of carbonyl (C=O) groups is 2. The van der Waals surface area contributed by atoms with Crippen molar-refractivity contribution in [2.75, 3.05) is 5.32 Å². The van der Waals surface area contributed by atoms with Crippen LogP contribution in [0.5, 0.6) is 0 Å². The van der Waals surface area contributed by atoms with Gasteiger partial charge in [-0.25, -0.2) is 4.79 Å². The highest BCUT2D eigenvalue weighted by molar-refractivity contribution is 7.20. The van der Waals surface area contributed by atoms with Crippen LogP contribution in [0.1, 0.15) is 29.8 Å². The Bertz CT molecular complexity index is 882. The Hall–Kier alpha value is -3.00. The number of nitrogens with zero attached hydrogens (tertiary/aromatic N) is 1. The van der Waals surface area contributed by atoms with Gasteiger partial charge in [0.15, 0.2) is 5.78 Å². The number of carbonyl (C=O) groups excluding carboxylic acids is 1. The number of hydrogen-bond acceptors (Lipinski definition) is 6. The molecule has 0 saturated heterocycles. The number of nitro benzene ring substituents is 1. The summed E-state index contributed by atoms with van der Waals surface area (Å²) in [4.78, 5) is 34.2. The number of nitrogens with one attached hydrogen (secondary N) is 1. The van der Waals surface area contributed by atoms with Gasteiger partial charge in [-0.1, -0.05) is 13.8 Å². The summed E-state index contributed by atoms with van der Waals surface area (Å²) in [5.41, 5.74) is 1.33. The van der Waals surface area contributed by atoms with Gasteiger partial charge in [0.05, 0.1) is 10.5 Å². The molecule has 0 unspecified atom stereocenters. The van der Waals surface area contributed by atoms with E-state index in [1.807, 2.05) is 0 Å². The van der Waals surface area contributed by atoms with E-state index in [1.165, 1.54) is 35.7 Å². The molecular formula is C18H18N2O5S. The summed E-state index contributed by atoms with van der Waals surface area (Å²) in [7, 11) is 0. The summed E-state index contributed by atoms with van der Waals surface area (Å²) < 4.78 is 0. The van der Waals surface area contributed by atoms with Gasteiger partial charge in [-0.05, 0) is 36.3 Å². The lowest BCUT2D eigenvalue weighted by molar-refractivity contribution is -0.384. The van der Waals surface area contributed by atoms with Crippen molar-refractivity contribution in [2.45, 2.75) is 20.8 Å². The van der Waals surface area contributed by atoms with E-state index < -0.39 is 10.9 Å². The molecule has 0 aliphatic carbocycles. The standard InChI is InChI=1S/C18H18N2O5S/c1-10(2)14(21)8-9-19-17-15(18(22)23)11(3)16(26-17)12-4-6-13(7-5-12)20(24)25/h4-10,19H,1-3H3,(H,22,23)/b9-8+. The molecule has 26 heavy (non-hydrogen) atoms. The second-order valence-corrected chi connectivity index (χ2v) is 6.92. The number of carboxylic acids is 1. The summed E-state index contributed by atoms with van der Waals surface area (Å²) in [6.07, 6.45) is 2.80. The summed E-state index contributed by atoms with van der Waals surface area (Å²) in [6.45, 7) is 5.24. The first-order valence-electron chi connectivity index (χ1n) is 7.80. The van der Waals surface area contributed by atoms with Gasteiger partial charge in [0.2, 0.25) is 0 Å². The highest BCUT2D eigenvalue weighted by atomic mass is 32.1. The molecule has 0 saturated carbocycles. The van der Waals surface area contributed by atoms with Crippen molar-refractivity contribution in [3.05, 3.63) is 57.8 Å². The topological polar surface area (TPSA) is 110 Å². The quantitative estimate of drug-likeness (QED) is 0.420. The minimum atomic E-state index is -1.09. The van der Waals surface area contributed by atoms with E-state index in [0.29, 0.717) is 21.0 Å². The van der Waals surface area contributed by atoms with Crippen LogP contribution in [0, 0.1) is 23.0 Å². The number of thiophene rings is 1. The molecule has 8 heteroatoms. The molecule has 2 rings (SSSR count). The fourth-order valence-electron chi connectivity index (χ4n) is 2.27. The number of rotatable bonds is 7. The van der Waals surface area contributed by atoms with E-state index >= 15 is 0 Å². The van der Waals surface area contributed by atoms with Gasteiger partial charge in [-0.3, -0.25) is 14.9 Å². The number of non-ortho nitro benzene ring substituents is 1. The van der Waals surface area contributed by atoms with Crippen LogP contribution in [0.4, 0.5) is 10.7 Å². The second kappa shape index (κ2) is 7.92. The van der Waals surface area contributed by atoms with Gasteiger partial charge in [0.1, 0.15) is 5.00 Å². The number of carboxylic acid groups (broad SMARTS) is 1. The van der Waals surface area contributed by atoms with E-state index in [1.54, 1.807) is 32.9 Å². The Morgan fingerprint density at radius 1 is 1.27 bits per heavy atom. The number of nitro groups is 1. The zero-order valence-corrected chi connectivity index (χ0v) is 15.3. The summed E-state index contributed by atoms with van der Waals surface area (Å²) in [5, 5.41) is 23.5. The predicted molar refractivity (Wildman–Crippen MR) is 101 cm³/mol. The van der Waals surface area contributed by atoms with Crippen molar-refractivity contribution in [2.24, 2.45) is 5.92 Å². The second-order valence-electron chi connectivity index (χ2n) is 5.90. The van der Waals surface area contributed by atoms with E-state index in [-0.39, 0.29) is 23.0 Å². The maximum absolute atomic E-state index is 11.6. The van der Waals surface area contributed by atoms with Crippen LogP contribution in [0.2, 0.25) is 0 Å². The molecule has 1 heterocycles. The van der Waals surface area contributed by atoms with Crippen LogP contribution in [0.15, 0.2) is 36.5 Å². The van der Waals surface area contributed by atoms with E-state index in [4.69, 9.17) is 0 Å². The number of anilines is 1. The lowest BCUT2D eigenvalue weighted by Crippen LogP contribution is -2.04. The zero-order valence-electron chi connectivity index (χ0n) is 14.5. The third-order valence-electron chi connectivity index (χ3n) is 3.73. The Morgan fingerprint density at radius 3 is 2.38 bits per heavy atom. The fourth-order valence-corrected chi connectivity index (χ4v) is 3.46. The van der Waals surface area contributed by atoms with Crippen molar-refractivity contribution in [3.63, 3.8) is 0 Å². The molecule has 0 fully saturated rings. The monoisotopic (exact) mass is 374 g/mol.